The normalized spacial score (nSPS) is 11.6. The van der Waals surface area contributed by atoms with Crippen LogP contribution in [0.4, 0.5) is 5.82 Å². The van der Waals surface area contributed by atoms with Crippen LogP contribution in [0.2, 0.25) is 5.02 Å². The van der Waals surface area contributed by atoms with Crippen LogP contribution in [0.1, 0.15) is 27.9 Å². The summed E-state index contributed by atoms with van der Waals surface area (Å²) in [5, 5.41) is 10.7. The fraction of sp³-hybridized carbons (Fsp3) is 0.182. The topological polar surface area (TPSA) is 141 Å². The number of nitrogens with two attached hydrogens (primary N) is 1. The number of sulfone groups is 1. The van der Waals surface area contributed by atoms with Crippen molar-refractivity contribution < 1.29 is 17.9 Å². The number of nitrogen functional groups attached to an aromatic ring is 1. The van der Waals surface area contributed by atoms with Gasteiger partial charge in [-0.1, -0.05) is 41.9 Å². The van der Waals surface area contributed by atoms with Gasteiger partial charge in [-0.15, -0.1) is 5.10 Å². The summed E-state index contributed by atoms with van der Waals surface area (Å²) >= 11 is 6.39. The fourth-order valence-corrected chi connectivity index (χ4v) is 4.60. The summed E-state index contributed by atoms with van der Waals surface area (Å²) in [5.41, 5.74) is 8.28. The highest BCUT2D eigenvalue weighted by Crippen LogP contribution is 2.26. The molecule has 0 fully saturated rings. The van der Waals surface area contributed by atoms with Gasteiger partial charge in [0.05, 0.1) is 4.90 Å². The number of hydrogen-bond donors (Lipinski definition) is 2. The number of rotatable bonds is 8. The molecule has 170 valence electrons. The number of anilines is 1. The lowest BCUT2D eigenvalue weighted by atomic mass is 10.0. The third-order valence-electron chi connectivity index (χ3n) is 5.03. The maximum Gasteiger partial charge on any atom is 0.207 e. The van der Waals surface area contributed by atoms with Crippen molar-refractivity contribution in [2.45, 2.75) is 24.3 Å². The Morgan fingerprint density at radius 2 is 1.91 bits per heavy atom. The molecule has 2 heterocycles. The van der Waals surface area contributed by atoms with Crippen LogP contribution >= 0.6 is 11.6 Å². The maximum atomic E-state index is 12.7. The van der Waals surface area contributed by atoms with Gasteiger partial charge < -0.3 is 10.5 Å². The number of ether oxygens (including phenoxy) is 1. The number of benzene rings is 2. The van der Waals surface area contributed by atoms with E-state index in [1.54, 1.807) is 48.5 Å². The van der Waals surface area contributed by atoms with Crippen LogP contribution in [0.25, 0.3) is 11.2 Å². The van der Waals surface area contributed by atoms with Crippen molar-refractivity contribution >= 4 is 44.2 Å². The average Bonchev–Trinajstić information content (AvgIpc) is 3.24. The Bertz CT molecular complexity index is 1450. The van der Waals surface area contributed by atoms with Gasteiger partial charge >= 0.3 is 0 Å². The van der Waals surface area contributed by atoms with Gasteiger partial charge in [0.1, 0.15) is 12.4 Å². The monoisotopic (exact) mass is 485 g/mol. The number of ketones is 1. The summed E-state index contributed by atoms with van der Waals surface area (Å²) in [6.07, 6.45) is 1.61. The minimum absolute atomic E-state index is 0.125. The third kappa shape index (κ3) is 5.12. The van der Waals surface area contributed by atoms with Gasteiger partial charge in [0.25, 0.3) is 0 Å². The molecule has 9 nitrogen and oxygen atoms in total. The number of carbonyl (C=O) groups is 1. The zero-order valence-electron chi connectivity index (χ0n) is 17.6. The van der Waals surface area contributed by atoms with E-state index in [0.29, 0.717) is 45.0 Å². The van der Waals surface area contributed by atoms with Gasteiger partial charge in [0.2, 0.25) is 5.65 Å². The van der Waals surface area contributed by atoms with Crippen molar-refractivity contribution in [1.29, 1.82) is 0 Å². The second-order valence-corrected chi connectivity index (χ2v) is 9.83. The van der Waals surface area contributed by atoms with Crippen molar-refractivity contribution in [3.63, 3.8) is 0 Å². The molecule has 0 saturated carbocycles. The first kappa shape index (κ1) is 22.7. The SMILES string of the molecule is CS(=O)(=O)c1ccccc1CCC(=O)c1ccc(COc2cc(N)nc3n[nH]nc23)c(Cl)c1. The molecular formula is C22H20ClN5O4S. The number of H-pyrrole nitrogens is 1. The summed E-state index contributed by atoms with van der Waals surface area (Å²) in [5.74, 6) is 0.516. The second kappa shape index (κ2) is 9.16. The summed E-state index contributed by atoms with van der Waals surface area (Å²) in [4.78, 5) is 17.0. The molecule has 4 aromatic rings. The van der Waals surface area contributed by atoms with Crippen molar-refractivity contribution in [3.05, 3.63) is 70.2 Å². The Morgan fingerprint density at radius 1 is 1.12 bits per heavy atom. The van der Waals surface area contributed by atoms with Crippen LogP contribution < -0.4 is 10.5 Å². The summed E-state index contributed by atoms with van der Waals surface area (Å²) < 4.78 is 29.7. The van der Waals surface area contributed by atoms with Gasteiger partial charge in [-0.05, 0) is 24.1 Å². The standard InChI is InChI=1S/C22H20ClN5O4S/c1-33(30,31)19-5-3-2-4-13(19)8-9-17(29)14-6-7-15(16(23)10-14)12-32-18-11-20(24)25-22-21(18)26-28-27-22/h2-7,10-11H,8-9,12H2,1H3,(H3,24,25,26,27,28). The molecule has 0 unspecified atom stereocenters. The highest BCUT2D eigenvalue weighted by molar-refractivity contribution is 7.90. The van der Waals surface area contributed by atoms with Gasteiger partial charge in [0, 0.05) is 34.9 Å². The molecule has 0 aliphatic heterocycles. The molecular weight excluding hydrogens is 466 g/mol. The largest absolute Gasteiger partial charge is 0.486 e. The quantitative estimate of drug-likeness (QED) is 0.362. The molecule has 0 aliphatic rings. The van der Waals surface area contributed by atoms with Gasteiger partial charge in [-0.2, -0.15) is 10.3 Å². The lowest BCUT2D eigenvalue weighted by molar-refractivity contribution is 0.0982. The summed E-state index contributed by atoms with van der Waals surface area (Å²) in [7, 11) is -3.37. The number of aromatic nitrogens is 4. The van der Waals surface area contributed by atoms with E-state index in [2.05, 4.69) is 20.4 Å². The van der Waals surface area contributed by atoms with Crippen LogP contribution in [0.3, 0.4) is 0 Å². The first-order valence-electron chi connectivity index (χ1n) is 9.92. The lowest BCUT2D eigenvalue weighted by Gasteiger charge is -2.10. The van der Waals surface area contributed by atoms with Crippen molar-refractivity contribution in [2.24, 2.45) is 0 Å². The molecule has 4 rings (SSSR count). The molecule has 0 radical (unpaired) electrons. The van der Waals surface area contributed by atoms with Crippen molar-refractivity contribution in [1.82, 2.24) is 20.4 Å². The maximum absolute atomic E-state index is 12.7. The average molecular weight is 486 g/mol. The highest BCUT2D eigenvalue weighted by Gasteiger charge is 2.16. The molecule has 0 amide bonds. The van der Waals surface area contributed by atoms with Crippen LogP contribution in [-0.4, -0.2) is 40.9 Å². The predicted molar refractivity (Wildman–Crippen MR) is 124 cm³/mol. The Kier molecular flexibility index (Phi) is 6.30. The number of nitrogens with zero attached hydrogens (tertiary/aromatic N) is 3. The van der Waals surface area contributed by atoms with E-state index in [0.717, 1.165) is 6.26 Å². The van der Waals surface area contributed by atoms with Gasteiger partial charge in [-0.3, -0.25) is 4.79 Å². The minimum atomic E-state index is -3.37. The number of Topliss-reactive ketones (excluding diaryl/α,β-unsaturated/α-hetero) is 1. The smallest absolute Gasteiger partial charge is 0.207 e. The Balaban J connectivity index is 1.44. The molecule has 0 spiro atoms. The number of aromatic amines is 1. The molecule has 0 aliphatic carbocycles. The predicted octanol–water partition coefficient (Wildman–Crippen LogP) is 3.39. The molecule has 33 heavy (non-hydrogen) atoms. The molecule has 0 atom stereocenters. The fourth-order valence-electron chi connectivity index (χ4n) is 3.39. The molecule has 2 aromatic carbocycles. The van der Waals surface area contributed by atoms with Crippen LogP contribution in [0.15, 0.2) is 53.4 Å². The minimum Gasteiger partial charge on any atom is -0.486 e. The van der Waals surface area contributed by atoms with Crippen molar-refractivity contribution in [2.75, 3.05) is 12.0 Å². The van der Waals surface area contributed by atoms with E-state index in [9.17, 15) is 13.2 Å². The first-order valence-corrected chi connectivity index (χ1v) is 12.2. The van der Waals surface area contributed by atoms with E-state index in [1.807, 2.05) is 0 Å². The molecule has 3 N–H and O–H groups in total. The van der Waals surface area contributed by atoms with Gasteiger partial charge in [-0.25, -0.2) is 13.4 Å². The number of carbonyl (C=O) groups excluding carboxylic acids is 1. The van der Waals surface area contributed by atoms with Crippen LogP contribution in [-0.2, 0) is 22.9 Å². The Hall–Kier alpha value is -3.50. The van der Waals surface area contributed by atoms with E-state index in [1.165, 1.54) is 0 Å². The number of fused-ring (bicyclic) bond motifs is 1. The third-order valence-corrected chi connectivity index (χ3v) is 6.58. The van der Waals surface area contributed by atoms with Crippen molar-refractivity contribution in [3.8, 4) is 5.75 Å². The zero-order chi connectivity index (χ0) is 23.6. The highest BCUT2D eigenvalue weighted by atomic mass is 35.5. The van der Waals surface area contributed by atoms with E-state index in [-0.39, 0.29) is 29.5 Å². The number of halogens is 1. The number of hydrogen-bond acceptors (Lipinski definition) is 8. The summed E-state index contributed by atoms with van der Waals surface area (Å²) in [6, 6.07) is 13.2. The molecule has 2 aromatic heterocycles. The molecule has 0 bridgehead atoms. The second-order valence-electron chi connectivity index (χ2n) is 7.44. The van der Waals surface area contributed by atoms with E-state index >= 15 is 0 Å². The zero-order valence-corrected chi connectivity index (χ0v) is 19.2. The number of nitrogens with one attached hydrogen (secondary N) is 1. The molecule has 11 heteroatoms. The number of pyridine rings is 1. The van der Waals surface area contributed by atoms with Crippen LogP contribution in [0.5, 0.6) is 5.75 Å². The van der Waals surface area contributed by atoms with E-state index in [4.69, 9.17) is 22.1 Å². The van der Waals surface area contributed by atoms with Crippen LogP contribution in [0, 0.1) is 0 Å². The first-order chi connectivity index (χ1) is 15.7. The Morgan fingerprint density at radius 3 is 2.67 bits per heavy atom. The lowest BCUT2D eigenvalue weighted by Crippen LogP contribution is -2.06. The van der Waals surface area contributed by atoms with Gasteiger partial charge in [0.15, 0.2) is 26.9 Å². The van der Waals surface area contributed by atoms with E-state index < -0.39 is 9.84 Å². The number of aryl methyl sites for hydroxylation is 1. The summed E-state index contributed by atoms with van der Waals surface area (Å²) in [6.45, 7) is 0.125. The Labute approximate surface area is 194 Å². The molecule has 0 saturated heterocycles.